The predicted octanol–water partition coefficient (Wildman–Crippen LogP) is 9.76. The van der Waals surface area contributed by atoms with Gasteiger partial charge in [0.15, 0.2) is 0 Å². The molecule has 2 heterocycles. The Morgan fingerprint density at radius 1 is 0.684 bits per heavy atom. The van der Waals surface area contributed by atoms with Crippen LogP contribution in [0.1, 0.15) is 36.7 Å². The molecule has 0 saturated carbocycles. The van der Waals surface area contributed by atoms with Gasteiger partial charge in [0.05, 0.1) is 11.2 Å². The number of furan rings is 1. The van der Waals surface area contributed by atoms with E-state index in [0.717, 1.165) is 55.5 Å². The van der Waals surface area contributed by atoms with Gasteiger partial charge in [-0.25, -0.2) is 9.97 Å². The maximum absolute atomic E-state index is 6.62. The zero-order chi connectivity index (χ0) is 26.0. The summed E-state index contributed by atoms with van der Waals surface area (Å²) >= 11 is 0. The maximum atomic E-state index is 6.62. The number of hydrogen-bond acceptors (Lipinski definition) is 3. The molecule has 0 spiro atoms. The Bertz CT molecular complexity index is 2020. The van der Waals surface area contributed by atoms with Gasteiger partial charge in [-0.1, -0.05) is 86.1 Å². The molecule has 7 rings (SSSR count). The SMILES string of the molecule is Cc1cc(C)c2c(ccc3c(-c4cccc5c4oc4cc(-c6ccccc6)ccc45)nc(C(C)C)nc32)c1. The van der Waals surface area contributed by atoms with Crippen LogP contribution in [0.5, 0.6) is 0 Å². The highest BCUT2D eigenvalue weighted by molar-refractivity contribution is 6.15. The first-order chi connectivity index (χ1) is 18.5. The Morgan fingerprint density at radius 3 is 2.32 bits per heavy atom. The smallest absolute Gasteiger partial charge is 0.144 e. The van der Waals surface area contributed by atoms with E-state index in [1.165, 1.54) is 27.5 Å². The third-order valence-corrected chi connectivity index (χ3v) is 7.52. The lowest BCUT2D eigenvalue weighted by Gasteiger charge is -2.14. The van der Waals surface area contributed by atoms with Crippen molar-refractivity contribution in [2.45, 2.75) is 33.6 Å². The fraction of sp³-hybridized carbons (Fsp3) is 0.143. The van der Waals surface area contributed by atoms with E-state index in [1.54, 1.807) is 0 Å². The lowest BCUT2D eigenvalue weighted by atomic mass is 9.96. The molecule has 3 nitrogen and oxygen atoms in total. The number of benzene rings is 5. The van der Waals surface area contributed by atoms with E-state index in [-0.39, 0.29) is 5.92 Å². The van der Waals surface area contributed by atoms with E-state index < -0.39 is 0 Å². The molecule has 0 aliphatic carbocycles. The quantitative estimate of drug-likeness (QED) is 0.230. The maximum Gasteiger partial charge on any atom is 0.144 e. The van der Waals surface area contributed by atoms with Crippen LogP contribution in [0.15, 0.2) is 95.4 Å². The van der Waals surface area contributed by atoms with Gasteiger partial charge in [-0.05, 0) is 60.2 Å². The third-order valence-electron chi connectivity index (χ3n) is 7.52. The number of rotatable bonds is 3. The molecule has 7 aromatic rings. The zero-order valence-corrected chi connectivity index (χ0v) is 22.0. The topological polar surface area (TPSA) is 38.9 Å². The average Bonchev–Trinajstić information content (AvgIpc) is 3.30. The van der Waals surface area contributed by atoms with Crippen molar-refractivity contribution in [1.29, 1.82) is 0 Å². The van der Waals surface area contributed by atoms with Gasteiger partial charge in [-0.2, -0.15) is 0 Å². The second kappa shape index (κ2) is 8.53. The molecular formula is C35H28N2O. The van der Waals surface area contributed by atoms with Crippen LogP contribution in [0.25, 0.3) is 66.0 Å². The highest BCUT2D eigenvalue weighted by Gasteiger charge is 2.19. The molecule has 2 aromatic heterocycles. The van der Waals surface area contributed by atoms with E-state index in [4.69, 9.17) is 14.4 Å². The first kappa shape index (κ1) is 22.7. The highest BCUT2D eigenvalue weighted by Crippen LogP contribution is 2.40. The fourth-order valence-corrected chi connectivity index (χ4v) is 5.72. The van der Waals surface area contributed by atoms with Crippen LogP contribution >= 0.6 is 0 Å². The van der Waals surface area contributed by atoms with Gasteiger partial charge in [-0.3, -0.25) is 0 Å². The molecule has 38 heavy (non-hydrogen) atoms. The predicted molar refractivity (Wildman–Crippen MR) is 159 cm³/mol. The number of aryl methyl sites for hydroxylation is 2. The normalized spacial score (nSPS) is 11.9. The molecule has 0 atom stereocenters. The van der Waals surface area contributed by atoms with E-state index in [9.17, 15) is 0 Å². The monoisotopic (exact) mass is 492 g/mol. The minimum absolute atomic E-state index is 0.197. The minimum atomic E-state index is 0.197. The summed E-state index contributed by atoms with van der Waals surface area (Å²) in [6.07, 6.45) is 0. The Hall–Kier alpha value is -4.50. The molecule has 0 aliphatic rings. The van der Waals surface area contributed by atoms with Crippen molar-refractivity contribution in [2.75, 3.05) is 0 Å². The molecule has 0 bridgehead atoms. The van der Waals surface area contributed by atoms with Crippen molar-refractivity contribution in [3.63, 3.8) is 0 Å². The van der Waals surface area contributed by atoms with Crippen LogP contribution in [0, 0.1) is 13.8 Å². The molecular weight excluding hydrogens is 464 g/mol. The van der Waals surface area contributed by atoms with E-state index in [2.05, 4.69) is 113 Å². The van der Waals surface area contributed by atoms with Gasteiger partial charge >= 0.3 is 0 Å². The molecule has 0 amide bonds. The Kier molecular flexibility index (Phi) is 5.09. The molecule has 0 fully saturated rings. The fourth-order valence-electron chi connectivity index (χ4n) is 5.72. The summed E-state index contributed by atoms with van der Waals surface area (Å²) < 4.78 is 6.62. The third kappa shape index (κ3) is 3.50. The molecule has 0 unspecified atom stereocenters. The van der Waals surface area contributed by atoms with E-state index >= 15 is 0 Å². The van der Waals surface area contributed by atoms with Gasteiger partial charge in [0.1, 0.15) is 17.0 Å². The lowest BCUT2D eigenvalue weighted by Crippen LogP contribution is -2.02. The molecule has 3 heteroatoms. The largest absolute Gasteiger partial charge is 0.455 e. The number of nitrogens with zero attached hydrogens (tertiary/aromatic N) is 2. The minimum Gasteiger partial charge on any atom is -0.455 e. The molecule has 5 aromatic carbocycles. The first-order valence-electron chi connectivity index (χ1n) is 13.2. The summed E-state index contributed by atoms with van der Waals surface area (Å²) in [4.78, 5) is 10.2. The van der Waals surface area contributed by atoms with Crippen LogP contribution in [0.3, 0.4) is 0 Å². The number of para-hydroxylation sites is 1. The van der Waals surface area contributed by atoms with E-state index in [1.807, 2.05) is 6.07 Å². The Morgan fingerprint density at radius 2 is 1.50 bits per heavy atom. The van der Waals surface area contributed by atoms with Crippen molar-refractivity contribution in [3.8, 4) is 22.4 Å². The summed E-state index contributed by atoms with van der Waals surface area (Å²) in [7, 11) is 0. The van der Waals surface area contributed by atoms with Crippen molar-refractivity contribution < 1.29 is 4.42 Å². The standard InChI is InChI=1S/C35H28N2O/c1-20(2)35-36-32(28-16-14-25-18-21(3)17-22(4)31(25)33(28)37-35)29-12-8-11-27-26-15-13-24(19-30(26)38-34(27)29)23-9-6-5-7-10-23/h5-20H,1-4H3. The van der Waals surface area contributed by atoms with Gasteiger partial charge < -0.3 is 4.42 Å². The van der Waals surface area contributed by atoms with Crippen LogP contribution in [-0.4, -0.2) is 9.97 Å². The summed E-state index contributed by atoms with van der Waals surface area (Å²) in [5.41, 5.74) is 9.49. The zero-order valence-electron chi connectivity index (χ0n) is 22.0. The van der Waals surface area contributed by atoms with Gasteiger partial charge in [0, 0.05) is 33.0 Å². The van der Waals surface area contributed by atoms with Gasteiger partial charge in [0.25, 0.3) is 0 Å². The average molecular weight is 493 g/mol. The number of aromatic nitrogens is 2. The Labute approximate surface area is 221 Å². The van der Waals surface area contributed by atoms with Crippen LogP contribution in [0.2, 0.25) is 0 Å². The molecule has 0 saturated heterocycles. The van der Waals surface area contributed by atoms with Crippen molar-refractivity contribution in [1.82, 2.24) is 9.97 Å². The van der Waals surface area contributed by atoms with Crippen molar-refractivity contribution in [3.05, 3.63) is 108 Å². The van der Waals surface area contributed by atoms with Crippen molar-refractivity contribution >= 4 is 43.6 Å². The highest BCUT2D eigenvalue weighted by atomic mass is 16.3. The second-order valence-corrected chi connectivity index (χ2v) is 10.6. The summed E-state index contributed by atoms with van der Waals surface area (Å²) in [6, 6.07) is 32.1. The van der Waals surface area contributed by atoms with Crippen molar-refractivity contribution in [2.24, 2.45) is 0 Å². The molecule has 184 valence electrons. The van der Waals surface area contributed by atoms with Crippen LogP contribution in [0.4, 0.5) is 0 Å². The summed E-state index contributed by atoms with van der Waals surface area (Å²) in [5, 5.41) is 5.67. The molecule has 0 radical (unpaired) electrons. The van der Waals surface area contributed by atoms with Gasteiger partial charge in [-0.15, -0.1) is 0 Å². The Balaban J connectivity index is 1.53. The molecule has 0 N–H and O–H groups in total. The number of fused-ring (bicyclic) bond motifs is 6. The van der Waals surface area contributed by atoms with Crippen LogP contribution in [-0.2, 0) is 0 Å². The summed E-state index contributed by atoms with van der Waals surface area (Å²) in [5.74, 6) is 1.04. The van der Waals surface area contributed by atoms with E-state index in [0.29, 0.717) is 0 Å². The van der Waals surface area contributed by atoms with Gasteiger partial charge in [0.2, 0.25) is 0 Å². The first-order valence-corrected chi connectivity index (χ1v) is 13.2. The van der Waals surface area contributed by atoms with Crippen LogP contribution < -0.4 is 0 Å². The molecule has 0 aliphatic heterocycles. The lowest BCUT2D eigenvalue weighted by molar-refractivity contribution is 0.670. The number of hydrogen-bond donors (Lipinski definition) is 0. The second-order valence-electron chi connectivity index (χ2n) is 10.6. The summed E-state index contributed by atoms with van der Waals surface area (Å²) in [6.45, 7) is 8.63.